The van der Waals surface area contributed by atoms with Crippen LogP contribution in [0, 0.1) is 11.6 Å². The van der Waals surface area contributed by atoms with Gasteiger partial charge in [-0.2, -0.15) is 0 Å². The minimum Gasteiger partial charge on any atom is -0.459 e. The zero-order chi connectivity index (χ0) is 30.2. The number of amides is 6. The number of nitrogens with one attached hydrogen (secondary N) is 4. The van der Waals surface area contributed by atoms with E-state index in [9.17, 15) is 32.8 Å². The Kier molecular flexibility index (Phi) is 9.52. The number of anilines is 1. The minimum atomic E-state index is -1.13. The van der Waals surface area contributed by atoms with Crippen molar-refractivity contribution in [3.05, 3.63) is 78.1 Å². The lowest BCUT2D eigenvalue weighted by Gasteiger charge is -2.25. The molecule has 3 atom stereocenters. The fourth-order valence-corrected chi connectivity index (χ4v) is 4.45. The number of nitrogens with two attached hydrogens (primary N) is 1. The van der Waals surface area contributed by atoms with Crippen molar-refractivity contribution in [2.45, 2.75) is 37.4 Å². The molecule has 0 unspecified atom stereocenters. The molecule has 0 aliphatic carbocycles. The van der Waals surface area contributed by atoms with Crippen molar-refractivity contribution in [1.29, 1.82) is 0 Å². The lowest BCUT2D eigenvalue weighted by Crippen LogP contribution is -2.52. The summed E-state index contributed by atoms with van der Waals surface area (Å²) in [7, 11) is 0. The molecule has 0 bridgehead atoms. The highest BCUT2D eigenvalue weighted by atomic mass is 19.1. The Labute approximate surface area is 237 Å². The van der Waals surface area contributed by atoms with Crippen molar-refractivity contribution < 1.29 is 41.6 Å². The molecule has 42 heavy (non-hydrogen) atoms. The van der Waals surface area contributed by atoms with Gasteiger partial charge in [0.15, 0.2) is 11.5 Å². The number of benzene rings is 1. The van der Waals surface area contributed by atoms with E-state index in [4.69, 9.17) is 14.6 Å². The quantitative estimate of drug-likeness (QED) is 0.212. The van der Waals surface area contributed by atoms with Crippen LogP contribution < -0.4 is 27.0 Å². The Hall–Kier alpha value is -5.21. The van der Waals surface area contributed by atoms with Crippen LogP contribution in [0.25, 0.3) is 0 Å². The zero-order valence-corrected chi connectivity index (χ0v) is 22.1. The number of hydrogen-bond donors (Lipinski definition) is 5. The second-order valence-electron chi connectivity index (χ2n) is 9.44. The van der Waals surface area contributed by atoms with E-state index in [1.54, 1.807) is 6.07 Å². The van der Waals surface area contributed by atoms with Crippen LogP contribution in [-0.2, 0) is 9.59 Å². The van der Waals surface area contributed by atoms with Crippen LogP contribution in [0.15, 0.2) is 63.8 Å². The number of halogens is 2. The molecule has 222 valence electrons. The second-order valence-corrected chi connectivity index (χ2v) is 9.44. The number of hydrogen-bond acceptors (Lipinski definition) is 7. The standard InChI is InChI=1S/C27H28F2N6O7/c28-15-7-8-18(17(29)12-15)34-27(40)32-16-13-20(35(14-16)26(39)22-6-3-11-42-22)24(37)33-19(23(30)36)4-1-9-31-25(38)21-5-2-10-41-21/h2-3,5-8,10-12,16,19-20H,1,4,9,13-14H2,(H2,30,36)(H,31,38)(H,33,37)(H2,32,34,40)/t16-,19-,20-/m0/s1. The molecule has 4 rings (SSSR count). The maximum absolute atomic E-state index is 14.0. The average molecular weight is 587 g/mol. The molecule has 3 aromatic rings. The van der Waals surface area contributed by atoms with Gasteiger partial charge in [0.05, 0.1) is 24.3 Å². The third-order valence-corrected chi connectivity index (χ3v) is 6.47. The minimum absolute atomic E-state index is 0.0509. The Morgan fingerprint density at radius 1 is 1.02 bits per heavy atom. The highest BCUT2D eigenvalue weighted by molar-refractivity contribution is 5.97. The van der Waals surface area contributed by atoms with Gasteiger partial charge in [0, 0.05) is 19.2 Å². The van der Waals surface area contributed by atoms with Crippen LogP contribution in [0.2, 0.25) is 0 Å². The highest BCUT2D eigenvalue weighted by Gasteiger charge is 2.42. The van der Waals surface area contributed by atoms with E-state index in [1.807, 2.05) is 0 Å². The largest absolute Gasteiger partial charge is 0.459 e. The number of nitrogens with zero attached hydrogens (tertiary/aromatic N) is 1. The van der Waals surface area contributed by atoms with E-state index in [0.717, 1.165) is 12.1 Å². The van der Waals surface area contributed by atoms with Crippen molar-refractivity contribution >= 4 is 35.3 Å². The second kappa shape index (κ2) is 13.4. The number of carbonyl (C=O) groups excluding carboxylic acids is 5. The summed E-state index contributed by atoms with van der Waals surface area (Å²) < 4.78 is 37.3. The third kappa shape index (κ3) is 7.50. The fourth-order valence-electron chi connectivity index (χ4n) is 4.45. The van der Waals surface area contributed by atoms with Gasteiger partial charge in [-0.3, -0.25) is 19.2 Å². The van der Waals surface area contributed by atoms with Gasteiger partial charge in [0.2, 0.25) is 11.8 Å². The van der Waals surface area contributed by atoms with Gasteiger partial charge < -0.3 is 40.7 Å². The molecule has 6 N–H and O–H groups in total. The van der Waals surface area contributed by atoms with Gasteiger partial charge in [-0.05, 0) is 55.7 Å². The maximum atomic E-state index is 14.0. The monoisotopic (exact) mass is 586 g/mol. The third-order valence-electron chi connectivity index (χ3n) is 6.47. The van der Waals surface area contributed by atoms with E-state index in [2.05, 4.69) is 21.3 Å². The SMILES string of the molecule is NC(=O)[C@H](CCCNC(=O)c1ccco1)NC(=O)[C@@H]1C[C@H](NC(=O)Nc2ccc(F)cc2F)CN1C(=O)c1ccco1. The van der Waals surface area contributed by atoms with Crippen molar-refractivity contribution in [1.82, 2.24) is 20.9 Å². The van der Waals surface area contributed by atoms with Gasteiger partial charge in [-0.15, -0.1) is 0 Å². The molecule has 0 spiro atoms. The highest BCUT2D eigenvalue weighted by Crippen LogP contribution is 2.22. The number of rotatable bonds is 11. The first kappa shape index (κ1) is 29.8. The number of likely N-dealkylation sites (tertiary alicyclic amines) is 1. The van der Waals surface area contributed by atoms with Crippen LogP contribution in [0.3, 0.4) is 0 Å². The number of primary amides is 1. The summed E-state index contributed by atoms with van der Waals surface area (Å²) in [6, 6.07) is 4.74. The lowest BCUT2D eigenvalue weighted by molar-refractivity contribution is -0.129. The Balaban J connectivity index is 1.38. The topological polar surface area (TPSA) is 189 Å². The van der Waals surface area contributed by atoms with Crippen molar-refractivity contribution in [2.24, 2.45) is 5.73 Å². The zero-order valence-electron chi connectivity index (χ0n) is 22.1. The van der Waals surface area contributed by atoms with E-state index in [-0.39, 0.29) is 49.6 Å². The van der Waals surface area contributed by atoms with Crippen LogP contribution in [0.5, 0.6) is 0 Å². The maximum Gasteiger partial charge on any atom is 0.319 e. The molecule has 0 radical (unpaired) electrons. The molecule has 0 saturated carbocycles. The summed E-state index contributed by atoms with van der Waals surface area (Å²) in [4.78, 5) is 64.2. The van der Waals surface area contributed by atoms with Gasteiger partial charge in [-0.1, -0.05) is 0 Å². The van der Waals surface area contributed by atoms with Gasteiger partial charge in [0.1, 0.15) is 23.7 Å². The Morgan fingerprint density at radius 3 is 2.38 bits per heavy atom. The molecule has 1 fully saturated rings. The first-order chi connectivity index (χ1) is 20.1. The average Bonchev–Trinajstić information content (AvgIpc) is 3.73. The fraction of sp³-hybridized carbons (Fsp3) is 0.296. The molecule has 2 aromatic heterocycles. The molecule has 1 aliphatic rings. The van der Waals surface area contributed by atoms with Crippen LogP contribution in [-0.4, -0.2) is 65.8 Å². The van der Waals surface area contributed by atoms with Crippen molar-refractivity contribution in [3.63, 3.8) is 0 Å². The van der Waals surface area contributed by atoms with E-state index < -0.39 is 59.4 Å². The summed E-state index contributed by atoms with van der Waals surface area (Å²) in [6.07, 6.45) is 2.96. The van der Waals surface area contributed by atoms with E-state index in [0.29, 0.717) is 6.07 Å². The van der Waals surface area contributed by atoms with Crippen LogP contribution in [0.4, 0.5) is 19.3 Å². The van der Waals surface area contributed by atoms with Crippen LogP contribution >= 0.6 is 0 Å². The molecule has 1 saturated heterocycles. The summed E-state index contributed by atoms with van der Waals surface area (Å²) in [5.74, 6) is -4.33. The molecule has 15 heteroatoms. The Morgan fingerprint density at radius 2 is 1.74 bits per heavy atom. The van der Waals surface area contributed by atoms with Crippen molar-refractivity contribution in [3.8, 4) is 0 Å². The number of furan rings is 2. The number of urea groups is 1. The summed E-state index contributed by atoms with van der Waals surface area (Å²) >= 11 is 0. The Bertz CT molecular complexity index is 1430. The molecular weight excluding hydrogens is 558 g/mol. The predicted octanol–water partition coefficient (Wildman–Crippen LogP) is 1.74. The first-order valence-electron chi connectivity index (χ1n) is 12.9. The van der Waals surface area contributed by atoms with Crippen LogP contribution in [0.1, 0.15) is 40.4 Å². The smallest absolute Gasteiger partial charge is 0.319 e. The molecule has 1 aromatic carbocycles. The molecular formula is C27H28F2N6O7. The normalized spacial score (nSPS) is 16.9. The summed E-state index contributed by atoms with van der Waals surface area (Å²) in [5, 5.41) is 10.0. The van der Waals surface area contributed by atoms with E-state index in [1.165, 1.54) is 35.6 Å². The molecule has 13 nitrogen and oxygen atoms in total. The summed E-state index contributed by atoms with van der Waals surface area (Å²) in [6.45, 7) is 0.0540. The van der Waals surface area contributed by atoms with Gasteiger partial charge >= 0.3 is 6.03 Å². The lowest BCUT2D eigenvalue weighted by atomic mass is 10.1. The molecule has 6 amide bonds. The predicted molar refractivity (Wildman–Crippen MR) is 142 cm³/mol. The molecule has 1 aliphatic heterocycles. The summed E-state index contributed by atoms with van der Waals surface area (Å²) in [5.41, 5.74) is 5.22. The van der Waals surface area contributed by atoms with Crippen molar-refractivity contribution in [2.75, 3.05) is 18.4 Å². The van der Waals surface area contributed by atoms with Gasteiger partial charge in [-0.25, -0.2) is 13.6 Å². The van der Waals surface area contributed by atoms with Gasteiger partial charge in [0.25, 0.3) is 11.8 Å². The molecule has 3 heterocycles. The van der Waals surface area contributed by atoms with E-state index >= 15 is 0 Å². The number of carbonyl (C=O) groups is 5. The first-order valence-corrected chi connectivity index (χ1v) is 12.9.